The lowest BCUT2D eigenvalue weighted by Gasteiger charge is -2.13. The van der Waals surface area contributed by atoms with E-state index in [1.54, 1.807) is 6.20 Å². The molecule has 1 aromatic heterocycles. The number of hydrogen-bond donors (Lipinski definition) is 2. The Bertz CT molecular complexity index is 845. The molecule has 1 unspecified atom stereocenters. The zero-order valence-corrected chi connectivity index (χ0v) is 13.1. The van der Waals surface area contributed by atoms with Gasteiger partial charge in [0.05, 0.1) is 17.2 Å². The first kappa shape index (κ1) is 15.4. The van der Waals surface area contributed by atoms with Crippen LogP contribution in [0.3, 0.4) is 0 Å². The van der Waals surface area contributed by atoms with E-state index in [-0.39, 0.29) is 12.5 Å². The number of aliphatic hydroxyl groups excluding tert-OH is 1. The molecule has 4 nitrogen and oxygen atoms in total. The van der Waals surface area contributed by atoms with Gasteiger partial charge >= 0.3 is 0 Å². The molecular formula is C19H20N2O2. The highest BCUT2D eigenvalue weighted by Gasteiger charge is 2.14. The Hall–Kier alpha value is -2.46. The molecule has 4 heteroatoms. The van der Waals surface area contributed by atoms with Crippen molar-refractivity contribution in [2.24, 2.45) is 0 Å². The van der Waals surface area contributed by atoms with Crippen LogP contribution in [0, 0.1) is 0 Å². The summed E-state index contributed by atoms with van der Waals surface area (Å²) in [5.41, 5.74) is 1.23. The molecule has 1 heterocycles. The molecule has 0 fully saturated rings. The van der Waals surface area contributed by atoms with Crippen molar-refractivity contribution in [2.45, 2.75) is 25.9 Å². The van der Waals surface area contributed by atoms with Crippen molar-refractivity contribution in [1.82, 2.24) is 10.3 Å². The second-order valence-electron chi connectivity index (χ2n) is 5.70. The summed E-state index contributed by atoms with van der Waals surface area (Å²) in [5.74, 6) is -0.199. The predicted molar refractivity (Wildman–Crippen MR) is 92.5 cm³/mol. The summed E-state index contributed by atoms with van der Waals surface area (Å²) in [6.07, 6.45) is 2.75. The van der Waals surface area contributed by atoms with Gasteiger partial charge in [-0.05, 0) is 29.3 Å². The maximum absolute atomic E-state index is 12.5. The van der Waals surface area contributed by atoms with Gasteiger partial charge in [-0.2, -0.15) is 0 Å². The van der Waals surface area contributed by atoms with Crippen molar-refractivity contribution in [3.05, 3.63) is 54.2 Å². The highest BCUT2D eigenvalue weighted by molar-refractivity contribution is 6.15. The summed E-state index contributed by atoms with van der Waals surface area (Å²) in [6, 6.07) is 13.7. The molecule has 0 aliphatic heterocycles. The molecule has 1 amide bonds. The molecule has 0 spiro atoms. The van der Waals surface area contributed by atoms with Gasteiger partial charge in [-0.3, -0.25) is 9.78 Å². The fourth-order valence-electron chi connectivity index (χ4n) is 2.84. The average Bonchev–Trinajstić information content (AvgIpc) is 2.59. The van der Waals surface area contributed by atoms with E-state index in [0.29, 0.717) is 17.5 Å². The molecule has 2 N–H and O–H groups in total. The number of nitrogens with one attached hydrogen (secondary N) is 1. The molecule has 3 rings (SSSR count). The molecular weight excluding hydrogens is 288 g/mol. The van der Waals surface area contributed by atoms with E-state index in [0.717, 1.165) is 22.6 Å². The summed E-state index contributed by atoms with van der Waals surface area (Å²) in [5, 5.41) is 15.7. The van der Waals surface area contributed by atoms with Gasteiger partial charge in [0.15, 0.2) is 0 Å². The number of aromatic nitrogens is 1. The van der Waals surface area contributed by atoms with Crippen LogP contribution >= 0.6 is 0 Å². The van der Waals surface area contributed by atoms with E-state index in [4.69, 9.17) is 0 Å². The van der Waals surface area contributed by atoms with Crippen LogP contribution in [0.15, 0.2) is 48.7 Å². The molecule has 0 radical (unpaired) electrons. The number of hydrogen-bond acceptors (Lipinski definition) is 3. The zero-order chi connectivity index (χ0) is 16.2. The molecule has 0 aliphatic rings. The summed E-state index contributed by atoms with van der Waals surface area (Å²) in [7, 11) is 0. The lowest BCUT2D eigenvalue weighted by atomic mass is 10.0. The minimum Gasteiger partial charge on any atom is -0.391 e. The van der Waals surface area contributed by atoms with E-state index >= 15 is 0 Å². The Morgan fingerprint density at radius 3 is 2.83 bits per heavy atom. The number of carbonyl (C=O) groups excluding carboxylic acids is 1. The van der Waals surface area contributed by atoms with Gasteiger partial charge in [-0.25, -0.2) is 0 Å². The van der Waals surface area contributed by atoms with Crippen molar-refractivity contribution in [1.29, 1.82) is 0 Å². The summed E-state index contributed by atoms with van der Waals surface area (Å²) >= 11 is 0. The van der Waals surface area contributed by atoms with Crippen LogP contribution in [0.5, 0.6) is 0 Å². The molecule has 1 atom stereocenters. The number of rotatable bonds is 5. The van der Waals surface area contributed by atoms with Crippen LogP contribution in [-0.2, 0) is 0 Å². The largest absolute Gasteiger partial charge is 0.391 e. The van der Waals surface area contributed by atoms with Gasteiger partial charge in [0, 0.05) is 18.1 Å². The van der Waals surface area contributed by atoms with Gasteiger partial charge in [0.1, 0.15) is 0 Å². The van der Waals surface area contributed by atoms with Crippen molar-refractivity contribution < 1.29 is 9.90 Å². The van der Waals surface area contributed by atoms with E-state index in [1.807, 2.05) is 49.4 Å². The van der Waals surface area contributed by atoms with E-state index in [1.165, 1.54) is 0 Å². The van der Waals surface area contributed by atoms with Gasteiger partial charge in [-0.1, -0.05) is 43.7 Å². The summed E-state index contributed by atoms with van der Waals surface area (Å²) in [4.78, 5) is 16.9. The van der Waals surface area contributed by atoms with E-state index in [2.05, 4.69) is 10.3 Å². The number of fused-ring (bicyclic) bond motifs is 3. The molecule has 2 aromatic carbocycles. The van der Waals surface area contributed by atoms with Gasteiger partial charge in [0.25, 0.3) is 5.91 Å². The van der Waals surface area contributed by atoms with Crippen molar-refractivity contribution in [3.8, 4) is 0 Å². The second kappa shape index (κ2) is 6.75. The fourth-order valence-corrected chi connectivity index (χ4v) is 2.84. The monoisotopic (exact) mass is 308 g/mol. The highest BCUT2D eigenvalue weighted by atomic mass is 16.3. The molecule has 0 saturated heterocycles. The lowest BCUT2D eigenvalue weighted by molar-refractivity contribution is 0.0911. The first-order valence-electron chi connectivity index (χ1n) is 7.93. The minimum absolute atomic E-state index is 0.199. The van der Waals surface area contributed by atoms with Crippen LogP contribution < -0.4 is 5.32 Å². The molecule has 23 heavy (non-hydrogen) atoms. The van der Waals surface area contributed by atoms with Gasteiger partial charge < -0.3 is 10.4 Å². The number of benzene rings is 2. The molecule has 0 aliphatic carbocycles. The first-order chi connectivity index (χ1) is 11.2. The van der Waals surface area contributed by atoms with Crippen LogP contribution in [-0.4, -0.2) is 28.6 Å². The summed E-state index contributed by atoms with van der Waals surface area (Å²) in [6.45, 7) is 2.26. The Kier molecular flexibility index (Phi) is 4.53. The van der Waals surface area contributed by atoms with E-state index in [9.17, 15) is 9.90 Å². The van der Waals surface area contributed by atoms with Crippen LogP contribution in [0.25, 0.3) is 21.7 Å². The Balaban J connectivity index is 2.00. The normalized spacial score (nSPS) is 12.4. The fraction of sp³-hybridized carbons (Fsp3) is 0.263. The third kappa shape index (κ3) is 3.17. The van der Waals surface area contributed by atoms with Crippen LogP contribution in [0.2, 0.25) is 0 Å². The smallest absolute Gasteiger partial charge is 0.253 e. The SMILES string of the molecule is CCCC(O)CNC(=O)c1cc2ccccc2c2cccnc12. The quantitative estimate of drug-likeness (QED) is 0.711. The van der Waals surface area contributed by atoms with Crippen molar-refractivity contribution >= 4 is 27.6 Å². The summed E-state index contributed by atoms with van der Waals surface area (Å²) < 4.78 is 0. The Morgan fingerprint density at radius 2 is 2.00 bits per heavy atom. The van der Waals surface area contributed by atoms with Gasteiger partial charge in [0.2, 0.25) is 0 Å². The lowest BCUT2D eigenvalue weighted by Crippen LogP contribution is -2.32. The van der Waals surface area contributed by atoms with Gasteiger partial charge in [-0.15, -0.1) is 0 Å². The number of amides is 1. The Labute approximate surface area is 135 Å². The van der Waals surface area contributed by atoms with E-state index < -0.39 is 6.10 Å². The van der Waals surface area contributed by atoms with Crippen molar-refractivity contribution in [2.75, 3.05) is 6.54 Å². The first-order valence-corrected chi connectivity index (χ1v) is 7.93. The standard InChI is InChI=1S/C19H20N2O2/c1-2-6-14(22)12-21-19(23)17-11-13-7-3-4-8-15(13)16-9-5-10-20-18(16)17/h3-5,7-11,14,22H,2,6,12H2,1H3,(H,21,23). The number of carbonyl (C=O) groups is 1. The number of pyridine rings is 1. The molecule has 0 saturated carbocycles. The molecule has 0 bridgehead atoms. The zero-order valence-electron chi connectivity index (χ0n) is 13.1. The topological polar surface area (TPSA) is 62.2 Å². The van der Waals surface area contributed by atoms with Crippen molar-refractivity contribution in [3.63, 3.8) is 0 Å². The third-order valence-corrected chi connectivity index (χ3v) is 3.98. The minimum atomic E-state index is -0.511. The predicted octanol–water partition coefficient (Wildman–Crippen LogP) is 3.28. The third-order valence-electron chi connectivity index (χ3n) is 3.98. The number of aliphatic hydroxyl groups is 1. The Morgan fingerprint density at radius 1 is 1.22 bits per heavy atom. The molecule has 3 aromatic rings. The molecule has 118 valence electrons. The average molecular weight is 308 g/mol. The van der Waals surface area contributed by atoms with Crippen LogP contribution in [0.4, 0.5) is 0 Å². The number of nitrogens with zero attached hydrogens (tertiary/aromatic N) is 1. The highest BCUT2D eigenvalue weighted by Crippen LogP contribution is 2.27. The second-order valence-corrected chi connectivity index (χ2v) is 5.70. The maximum Gasteiger partial charge on any atom is 0.253 e. The maximum atomic E-state index is 12.5. The van der Waals surface area contributed by atoms with Crippen LogP contribution in [0.1, 0.15) is 30.1 Å².